The van der Waals surface area contributed by atoms with Crippen molar-refractivity contribution in [3.8, 4) is 6.07 Å². The second-order valence-corrected chi connectivity index (χ2v) is 6.05. The van der Waals surface area contributed by atoms with Crippen molar-refractivity contribution in [1.29, 1.82) is 5.26 Å². The molecule has 96 valence electrons. The number of hydrogen-bond donors (Lipinski definition) is 0. The van der Waals surface area contributed by atoms with Crippen LogP contribution in [0.4, 0.5) is 0 Å². The standard InChI is InChI=1S/C14H8Cl3NS/c15-12-4-3-11(6-14(12)17)19-8-10-2-1-9(7-18)5-13(10)16/h1-6H,8H2. The fraction of sp³-hybridized carbons (Fsp3) is 0.0714. The highest BCUT2D eigenvalue weighted by Gasteiger charge is 2.04. The molecule has 0 aromatic heterocycles. The summed E-state index contributed by atoms with van der Waals surface area (Å²) in [7, 11) is 0. The van der Waals surface area contributed by atoms with E-state index in [0.29, 0.717) is 26.4 Å². The maximum Gasteiger partial charge on any atom is 0.0992 e. The minimum Gasteiger partial charge on any atom is -0.192 e. The molecule has 19 heavy (non-hydrogen) atoms. The molecule has 5 heteroatoms. The van der Waals surface area contributed by atoms with E-state index in [2.05, 4.69) is 6.07 Å². The lowest BCUT2D eigenvalue weighted by Gasteiger charge is -2.05. The molecule has 0 aliphatic rings. The van der Waals surface area contributed by atoms with E-state index in [1.807, 2.05) is 18.2 Å². The Kier molecular flexibility index (Phi) is 5.01. The van der Waals surface area contributed by atoms with E-state index in [1.54, 1.807) is 30.0 Å². The monoisotopic (exact) mass is 327 g/mol. The fourth-order valence-electron chi connectivity index (χ4n) is 1.46. The van der Waals surface area contributed by atoms with E-state index in [1.165, 1.54) is 0 Å². The fourth-order valence-corrected chi connectivity index (χ4v) is 3.09. The molecule has 0 saturated heterocycles. The van der Waals surface area contributed by atoms with E-state index in [-0.39, 0.29) is 0 Å². The summed E-state index contributed by atoms with van der Waals surface area (Å²) in [5, 5.41) is 10.5. The molecule has 1 nitrogen and oxygen atoms in total. The highest BCUT2D eigenvalue weighted by molar-refractivity contribution is 7.98. The zero-order chi connectivity index (χ0) is 13.8. The van der Waals surface area contributed by atoms with Crippen molar-refractivity contribution in [2.24, 2.45) is 0 Å². The van der Waals surface area contributed by atoms with E-state index in [0.717, 1.165) is 10.5 Å². The van der Waals surface area contributed by atoms with Crippen molar-refractivity contribution in [3.05, 3.63) is 62.6 Å². The van der Waals surface area contributed by atoms with Gasteiger partial charge >= 0.3 is 0 Å². The van der Waals surface area contributed by atoms with Crippen LogP contribution in [0.25, 0.3) is 0 Å². The third kappa shape index (κ3) is 3.81. The molecule has 0 heterocycles. The summed E-state index contributed by atoms with van der Waals surface area (Å²) in [6.45, 7) is 0. The van der Waals surface area contributed by atoms with Crippen LogP contribution in [0.3, 0.4) is 0 Å². The summed E-state index contributed by atoms with van der Waals surface area (Å²) in [5.74, 6) is 0.711. The van der Waals surface area contributed by atoms with Crippen molar-refractivity contribution in [2.45, 2.75) is 10.6 Å². The molecule has 0 N–H and O–H groups in total. The summed E-state index contributed by atoms with van der Waals surface area (Å²) in [6, 6.07) is 12.9. The number of nitrogens with zero attached hydrogens (tertiary/aromatic N) is 1. The topological polar surface area (TPSA) is 23.8 Å². The van der Waals surface area contributed by atoms with Crippen LogP contribution in [0.1, 0.15) is 11.1 Å². The summed E-state index contributed by atoms with van der Waals surface area (Å²) >= 11 is 19.6. The van der Waals surface area contributed by atoms with Gasteiger partial charge in [-0.1, -0.05) is 40.9 Å². The normalized spacial score (nSPS) is 10.2. The molecule has 2 aromatic carbocycles. The molecule has 0 radical (unpaired) electrons. The Bertz CT molecular complexity index is 650. The number of nitriles is 1. The first-order chi connectivity index (χ1) is 9.10. The number of halogens is 3. The quantitative estimate of drug-likeness (QED) is 0.664. The Hall–Kier alpha value is -0.850. The molecule has 0 atom stereocenters. The lowest BCUT2D eigenvalue weighted by molar-refractivity contribution is 1.37. The summed E-state index contributed by atoms with van der Waals surface area (Å²) < 4.78 is 0. The number of benzene rings is 2. The van der Waals surface area contributed by atoms with Gasteiger partial charge in [-0.3, -0.25) is 0 Å². The summed E-state index contributed by atoms with van der Waals surface area (Å²) in [4.78, 5) is 1.02. The van der Waals surface area contributed by atoms with Gasteiger partial charge < -0.3 is 0 Å². The summed E-state index contributed by atoms with van der Waals surface area (Å²) in [6.07, 6.45) is 0. The van der Waals surface area contributed by atoms with Crippen LogP contribution < -0.4 is 0 Å². The Morgan fingerprint density at radius 1 is 0.947 bits per heavy atom. The Balaban J connectivity index is 2.10. The number of rotatable bonds is 3. The molecule has 0 aliphatic carbocycles. The van der Waals surface area contributed by atoms with E-state index in [9.17, 15) is 0 Å². The van der Waals surface area contributed by atoms with E-state index in [4.69, 9.17) is 40.1 Å². The minimum absolute atomic E-state index is 0.539. The molecule has 0 unspecified atom stereocenters. The largest absolute Gasteiger partial charge is 0.192 e. The first kappa shape index (κ1) is 14.6. The molecule has 0 saturated carbocycles. The molecule has 0 aliphatic heterocycles. The Morgan fingerprint density at radius 3 is 2.37 bits per heavy atom. The number of thioether (sulfide) groups is 1. The van der Waals surface area contributed by atoms with E-state index >= 15 is 0 Å². The first-order valence-electron chi connectivity index (χ1n) is 5.36. The summed E-state index contributed by atoms with van der Waals surface area (Å²) in [5.41, 5.74) is 1.55. The van der Waals surface area contributed by atoms with Gasteiger partial charge in [0.15, 0.2) is 0 Å². The second kappa shape index (κ2) is 6.54. The zero-order valence-electron chi connectivity index (χ0n) is 9.66. The first-order valence-corrected chi connectivity index (χ1v) is 7.48. The van der Waals surface area contributed by atoms with Gasteiger partial charge in [-0.15, -0.1) is 11.8 Å². The average molecular weight is 329 g/mol. The van der Waals surface area contributed by atoms with Gasteiger partial charge in [0.25, 0.3) is 0 Å². The van der Waals surface area contributed by atoms with Gasteiger partial charge in [-0.05, 0) is 35.9 Å². The highest BCUT2D eigenvalue weighted by atomic mass is 35.5. The molecule has 0 spiro atoms. The lowest BCUT2D eigenvalue weighted by Crippen LogP contribution is -1.85. The minimum atomic E-state index is 0.539. The van der Waals surface area contributed by atoms with Crippen molar-refractivity contribution < 1.29 is 0 Å². The van der Waals surface area contributed by atoms with Gasteiger partial charge in [-0.2, -0.15) is 5.26 Å². The van der Waals surface area contributed by atoms with Gasteiger partial charge in [-0.25, -0.2) is 0 Å². The molecular weight excluding hydrogens is 321 g/mol. The van der Waals surface area contributed by atoms with Gasteiger partial charge in [0.2, 0.25) is 0 Å². The van der Waals surface area contributed by atoms with Crippen LogP contribution in [0, 0.1) is 11.3 Å². The molecule has 0 bridgehead atoms. The SMILES string of the molecule is N#Cc1ccc(CSc2ccc(Cl)c(Cl)c2)c(Cl)c1. The molecule has 0 fully saturated rings. The second-order valence-electron chi connectivity index (χ2n) is 3.78. The predicted octanol–water partition coefficient (Wildman–Crippen LogP) is 5.81. The maximum atomic E-state index is 8.78. The van der Waals surface area contributed by atoms with Crippen molar-refractivity contribution in [1.82, 2.24) is 0 Å². The van der Waals surface area contributed by atoms with E-state index < -0.39 is 0 Å². The average Bonchev–Trinajstić information content (AvgIpc) is 2.41. The maximum absolute atomic E-state index is 8.78. The highest BCUT2D eigenvalue weighted by Crippen LogP contribution is 2.31. The van der Waals surface area contributed by atoms with Crippen LogP contribution in [0.5, 0.6) is 0 Å². The Labute approximate surface area is 131 Å². The third-order valence-corrected chi connectivity index (χ3v) is 4.60. The Morgan fingerprint density at radius 2 is 1.74 bits per heavy atom. The van der Waals surface area contributed by atoms with Gasteiger partial charge in [0, 0.05) is 15.7 Å². The van der Waals surface area contributed by atoms with Gasteiger partial charge in [0.05, 0.1) is 21.7 Å². The molecule has 2 aromatic rings. The molecular formula is C14H8Cl3NS. The van der Waals surface area contributed by atoms with Crippen LogP contribution in [-0.2, 0) is 5.75 Å². The van der Waals surface area contributed by atoms with Crippen LogP contribution >= 0.6 is 46.6 Å². The van der Waals surface area contributed by atoms with Crippen LogP contribution in [0.2, 0.25) is 15.1 Å². The van der Waals surface area contributed by atoms with Crippen LogP contribution in [0.15, 0.2) is 41.3 Å². The predicted molar refractivity (Wildman–Crippen MR) is 82.2 cm³/mol. The van der Waals surface area contributed by atoms with Gasteiger partial charge in [0.1, 0.15) is 0 Å². The lowest BCUT2D eigenvalue weighted by atomic mass is 10.2. The van der Waals surface area contributed by atoms with Crippen molar-refractivity contribution in [3.63, 3.8) is 0 Å². The smallest absolute Gasteiger partial charge is 0.0992 e. The third-order valence-electron chi connectivity index (χ3n) is 2.47. The zero-order valence-corrected chi connectivity index (χ0v) is 12.7. The molecule has 0 amide bonds. The number of hydrogen-bond acceptors (Lipinski definition) is 2. The van der Waals surface area contributed by atoms with Crippen molar-refractivity contribution in [2.75, 3.05) is 0 Å². The van der Waals surface area contributed by atoms with Crippen LogP contribution in [-0.4, -0.2) is 0 Å². The van der Waals surface area contributed by atoms with Crippen molar-refractivity contribution >= 4 is 46.6 Å². The molecule has 2 rings (SSSR count).